The normalized spacial score (nSPS) is 17.1. The molecule has 3 aromatic rings. The van der Waals surface area contributed by atoms with Gasteiger partial charge in [0.15, 0.2) is 5.69 Å². The molecule has 2 amide bonds. The first-order chi connectivity index (χ1) is 19.4. The van der Waals surface area contributed by atoms with E-state index in [9.17, 15) is 9.59 Å². The van der Waals surface area contributed by atoms with E-state index in [1.165, 1.54) is 12.1 Å². The summed E-state index contributed by atoms with van der Waals surface area (Å²) in [6, 6.07) is 2.17. The minimum atomic E-state index is -1.13. The Bertz CT molecular complexity index is 1440. The third-order valence-corrected chi connectivity index (χ3v) is 9.55. The quantitative estimate of drug-likeness (QED) is 0.0891. The summed E-state index contributed by atoms with van der Waals surface area (Å²) >= 11 is 17.5. The number of anilines is 1. The molecule has 5 rings (SSSR count). The lowest BCUT2D eigenvalue weighted by Gasteiger charge is -2.27. The summed E-state index contributed by atoms with van der Waals surface area (Å²) in [5.74, 6) is -1.27. The molecule has 3 aromatic heterocycles. The van der Waals surface area contributed by atoms with Crippen molar-refractivity contribution in [2.24, 2.45) is 17.8 Å². The number of nitrogens with one attached hydrogen (secondary N) is 3. The number of carbonyl (C=O) groups excluding carboxylic acids is 2. The second-order valence-corrected chi connectivity index (χ2v) is 14.8. The summed E-state index contributed by atoms with van der Waals surface area (Å²) < 4.78 is 19.1. The molecule has 0 radical (unpaired) electrons. The second-order valence-electron chi connectivity index (χ2n) is 11.1. The van der Waals surface area contributed by atoms with Gasteiger partial charge in [0.2, 0.25) is 11.9 Å². The molecule has 41 heavy (non-hydrogen) atoms. The Kier molecular flexibility index (Phi) is 8.71. The summed E-state index contributed by atoms with van der Waals surface area (Å²) in [7, 11) is 0. The molecular formula is C26H32FN7O3S4. The lowest BCUT2D eigenvalue weighted by Crippen LogP contribution is -2.50. The fourth-order valence-corrected chi connectivity index (χ4v) is 5.79. The summed E-state index contributed by atoms with van der Waals surface area (Å²) in [6.07, 6.45) is 3.98. The van der Waals surface area contributed by atoms with Crippen LogP contribution in [0.2, 0.25) is 0 Å². The molecule has 2 atom stereocenters. The van der Waals surface area contributed by atoms with Crippen molar-refractivity contribution in [2.75, 3.05) is 5.32 Å². The van der Waals surface area contributed by atoms with Gasteiger partial charge in [-0.05, 0) is 67.7 Å². The van der Waals surface area contributed by atoms with Crippen LogP contribution < -0.4 is 10.6 Å². The second kappa shape index (κ2) is 11.8. The number of aryl methyl sites for hydroxylation is 1. The summed E-state index contributed by atoms with van der Waals surface area (Å²) in [4.78, 5) is 31.0. The number of hydrogen-bond acceptors (Lipinski definition) is 11. The summed E-state index contributed by atoms with van der Waals surface area (Å²) in [6.45, 7) is 5.49. The molecular weight excluding hydrogens is 606 g/mol. The highest BCUT2D eigenvalue weighted by Crippen LogP contribution is 2.51. The Morgan fingerprint density at radius 2 is 1.76 bits per heavy atom. The molecule has 2 fully saturated rings. The average Bonchev–Trinajstić information content (AvgIpc) is 3.83. The Morgan fingerprint density at radius 1 is 1.10 bits per heavy atom. The first-order valence-corrected chi connectivity index (χ1v) is 15.2. The van der Waals surface area contributed by atoms with Crippen LogP contribution in [0, 0.1) is 30.6 Å². The van der Waals surface area contributed by atoms with Crippen molar-refractivity contribution < 1.29 is 18.6 Å². The van der Waals surface area contributed by atoms with Gasteiger partial charge in [-0.2, -0.15) is 22.1 Å². The van der Waals surface area contributed by atoms with E-state index < -0.39 is 32.5 Å². The third kappa shape index (κ3) is 6.57. The smallest absolute Gasteiger partial charge is 0.276 e. The SMILES string of the molecule is Cc1[nH]nc(C(S)C(S)(S)S)c1-c1ccc(NC(=O)[C@@H](NC(=O)c2nonc2C(C)C)C(C2CC2)C2CC2)nc1F. The van der Waals surface area contributed by atoms with Gasteiger partial charge in [0.25, 0.3) is 5.91 Å². The molecule has 0 bridgehead atoms. The van der Waals surface area contributed by atoms with Crippen LogP contribution in [0.4, 0.5) is 10.2 Å². The number of aromatic amines is 1. The minimum Gasteiger partial charge on any atom is -0.338 e. The predicted molar refractivity (Wildman–Crippen MR) is 165 cm³/mol. The Hall–Kier alpha value is -2.23. The monoisotopic (exact) mass is 637 g/mol. The Balaban J connectivity index is 1.40. The van der Waals surface area contributed by atoms with Crippen LogP contribution in [0.15, 0.2) is 16.8 Å². The van der Waals surface area contributed by atoms with Gasteiger partial charge in [-0.3, -0.25) is 14.7 Å². The van der Waals surface area contributed by atoms with Gasteiger partial charge < -0.3 is 10.6 Å². The van der Waals surface area contributed by atoms with E-state index in [-0.39, 0.29) is 28.9 Å². The van der Waals surface area contributed by atoms with Crippen LogP contribution in [0.25, 0.3) is 11.1 Å². The van der Waals surface area contributed by atoms with Crippen molar-refractivity contribution in [2.45, 2.75) is 67.1 Å². The van der Waals surface area contributed by atoms with Crippen molar-refractivity contribution >= 4 is 68.1 Å². The highest BCUT2D eigenvalue weighted by atomic mass is 32.2. The lowest BCUT2D eigenvalue weighted by molar-refractivity contribution is -0.119. The van der Waals surface area contributed by atoms with Gasteiger partial charge in [-0.25, -0.2) is 9.61 Å². The van der Waals surface area contributed by atoms with Crippen molar-refractivity contribution in [3.63, 3.8) is 0 Å². The number of amides is 2. The third-order valence-electron chi connectivity index (χ3n) is 7.53. The zero-order valence-electron chi connectivity index (χ0n) is 22.6. The number of H-pyrrole nitrogens is 1. The van der Waals surface area contributed by atoms with Gasteiger partial charge in [-0.1, -0.05) is 19.0 Å². The van der Waals surface area contributed by atoms with Crippen LogP contribution in [0.5, 0.6) is 0 Å². The van der Waals surface area contributed by atoms with E-state index in [1.54, 1.807) is 6.92 Å². The number of hydrogen-bond donors (Lipinski definition) is 7. The molecule has 220 valence electrons. The molecule has 2 aliphatic rings. The molecule has 0 saturated heterocycles. The predicted octanol–water partition coefficient (Wildman–Crippen LogP) is 5.01. The number of aromatic nitrogens is 5. The van der Waals surface area contributed by atoms with Crippen LogP contribution in [0.1, 0.15) is 78.3 Å². The van der Waals surface area contributed by atoms with Crippen LogP contribution in [-0.2, 0) is 4.79 Å². The van der Waals surface area contributed by atoms with E-state index >= 15 is 4.39 Å². The molecule has 0 spiro atoms. The van der Waals surface area contributed by atoms with Crippen molar-refractivity contribution in [1.82, 2.24) is 30.8 Å². The van der Waals surface area contributed by atoms with Gasteiger partial charge in [-0.15, -0.1) is 37.9 Å². The van der Waals surface area contributed by atoms with E-state index in [4.69, 9.17) is 4.63 Å². The first kappa shape index (κ1) is 30.2. The Morgan fingerprint density at radius 3 is 2.32 bits per heavy atom. The number of thiol groups is 4. The Labute approximate surface area is 258 Å². The average molecular weight is 638 g/mol. The van der Waals surface area contributed by atoms with E-state index in [0.29, 0.717) is 34.5 Å². The maximum atomic E-state index is 15.5. The minimum absolute atomic E-state index is 0.0175. The number of pyridine rings is 1. The van der Waals surface area contributed by atoms with Crippen molar-refractivity contribution in [3.05, 3.63) is 40.9 Å². The largest absolute Gasteiger partial charge is 0.338 e. The van der Waals surface area contributed by atoms with E-state index in [2.05, 4.69) is 86.6 Å². The zero-order chi connectivity index (χ0) is 29.6. The van der Waals surface area contributed by atoms with E-state index in [1.807, 2.05) is 13.8 Å². The van der Waals surface area contributed by atoms with Crippen LogP contribution in [0.3, 0.4) is 0 Å². The molecule has 0 aliphatic heterocycles. The molecule has 2 aliphatic carbocycles. The van der Waals surface area contributed by atoms with Crippen LogP contribution in [-0.4, -0.2) is 46.8 Å². The fourth-order valence-electron chi connectivity index (χ4n) is 5.23. The number of nitrogens with zero attached hydrogens (tertiary/aromatic N) is 4. The highest BCUT2D eigenvalue weighted by molar-refractivity contribution is 8.17. The molecule has 15 heteroatoms. The summed E-state index contributed by atoms with van der Waals surface area (Å²) in [5, 5.41) is 19.7. The topological polar surface area (TPSA) is 139 Å². The van der Waals surface area contributed by atoms with Crippen LogP contribution >= 0.6 is 50.5 Å². The number of carbonyl (C=O) groups is 2. The highest BCUT2D eigenvalue weighted by Gasteiger charge is 2.48. The van der Waals surface area contributed by atoms with Crippen molar-refractivity contribution in [3.8, 4) is 11.1 Å². The molecule has 1 unspecified atom stereocenters. The van der Waals surface area contributed by atoms with Gasteiger partial charge in [0.05, 0.1) is 10.9 Å². The fraction of sp³-hybridized carbons (Fsp3) is 0.538. The number of halogens is 1. The van der Waals surface area contributed by atoms with Gasteiger partial charge in [0, 0.05) is 22.7 Å². The van der Waals surface area contributed by atoms with E-state index in [0.717, 1.165) is 25.7 Å². The van der Waals surface area contributed by atoms with Gasteiger partial charge >= 0.3 is 0 Å². The number of rotatable bonds is 11. The standard InChI is InChI=1S/C26H32FN7O3S4/c1-10(2)18-21(34-37-33-18)25(36)30-20(17(12-4-5-12)13-6-7-13)24(35)29-15-9-8-14(23(27)28-15)16-11(3)31-32-19(16)22(38)26(39,40)41/h8-10,12-13,17,20,22,38-41H,4-7H2,1-3H3,(H,30,36)(H,31,32)(H,28,29,35)/t20-,22?/m0/s1. The maximum absolute atomic E-state index is 15.5. The van der Waals surface area contributed by atoms with Crippen molar-refractivity contribution in [1.29, 1.82) is 0 Å². The molecule has 3 N–H and O–H groups in total. The summed E-state index contributed by atoms with van der Waals surface area (Å²) in [5.41, 5.74) is 2.10. The van der Waals surface area contributed by atoms with Gasteiger partial charge in [0.1, 0.15) is 21.0 Å². The maximum Gasteiger partial charge on any atom is 0.276 e. The first-order valence-electron chi connectivity index (χ1n) is 13.4. The zero-order valence-corrected chi connectivity index (χ0v) is 26.2. The lowest BCUT2D eigenvalue weighted by atomic mass is 9.88. The molecule has 0 aromatic carbocycles. The molecule has 3 heterocycles. The molecule has 10 nitrogen and oxygen atoms in total. The molecule has 2 saturated carbocycles.